The Morgan fingerprint density at radius 2 is 0.867 bits per heavy atom. The van der Waals surface area contributed by atoms with Gasteiger partial charge in [-0.25, -0.2) is 0 Å². The fourth-order valence-corrected chi connectivity index (χ4v) is 11.0. The summed E-state index contributed by atoms with van der Waals surface area (Å²) in [6, 6.07) is 71.9. The number of hydrogen-bond donors (Lipinski definition) is 0. The van der Waals surface area contributed by atoms with Crippen molar-refractivity contribution >= 4 is 75.8 Å². The maximum absolute atomic E-state index is 6.41. The van der Waals surface area contributed by atoms with Gasteiger partial charge in [-0.1, -0.05) is 190 Å². The van der Waals surface area contributed by atoms with E-state index in [1.54, 1.807) is 0 Å². The summed E-state index contributed by atoms with van der Waals surface area (Å²) in [5.74, 6) is 0. The van der Waals surface area contributed by atoms with Crippen molar-refractivity contribution < 1.29 is 4.42 Å². The third kappa shape index (κ3) is 4.52. The van der Waals surface area contributed by atoms with Crippen molar-refractivity contribution in [3.05, 3.63) is 205 Å². The molecule has 0 atom stereocenters. The number of benzene rings is 11. The molecular formula is C59H38O. The third-order valence-electron chi connectivity index (χ3n) is 13.6. The van der Waals surface area contributed by atoms with E-state index in [1.807, 2.05) is 0 Å². The molecule has 11 aromatic carbocycles. The first kappa shape index (κ1) is 33.5. The van der Waals surface area contributed by atoms with Crippen LogP contribution in [-0.4, -0.2) is 0 Å². The van der Waals surface area contributed by atoms with E-state index in [0.29, 0.717) is 0 Å². The average Bonchev–Trinajstić information content (AvgIpc) is 3.79. The van der Waals surface area contributed by atoms with E-state index in [9.17, 15) is 0 Å². The lowest BCUT2D eigenvalue weighted by Gasteiger charge is -2.24. The molecule has 0 bridgehead atoms. The molecule has 1 nitrogen and oxygen atoms in total. The Morgan fingerprint density at radius 3 is 1.58 bits per heavy atom. The molecule has 0 amide bonds. The molecule has 1 heterocycles. The van der Waals surface area contributed by atoms with Crippen LogP contribution >= 0.6 is 0 Å². The molecule has 0 N–H and O–H groups in total. The van der Waals surface area contributed by atoms with Crippen molar-refractivity contribution in [2.75, 3.05) is 0 Å². The molecule has 0 aliphatic heterocycles. The highest BCUT2D eigenvalue weighted by Crippen LogP contribution is 2.55. The predicted octanol–water partition coefficient (Wildman–Crippen LogP) is 16.7. The van der Waals surface area contributed by atoms with E-state index in [4.69, 9.17) is 4.42 Å². The zero-order valence-corrected chi connectivity index (χ0v) is 33.4. The highest BCUT2D eigenvalue weighted by Gasteiger charge is 2.38. The van der Waals surface area contributed by atoms with Crippen molar-refractivity contribution in [1.82, 2.24) is 0 Å². The quantitative estimate of drug-likeness (QED) is 0.163. The summed E-state index contributed by atoms with van der Waals surface area (Å²) < 4.78 is 6.41. The molecule has 280 valence electrons. The van der Waals surface area contributed by atoms with Gasteiger partial charge >= 0.3 is 0 Å². The summed E-state index contributed by atoms with van der Waals surface area (Å²) >= 11 is 0. The van der Waals surface area contributed by atoms with Gasteiger partial charge in [-0.15, -0.1) is 0 Å². The van der Waals surface area contributed by atoms with E-state index >= 15 is 0 Å². The first-order valence-corrected chi connectivity index (χ1v) is 21.0. The highest BCUT2D eigenvalue weighted by atomic mass is 16.3. The Labute approximate surface area is 347 Å². The molecule has 0 fully saturated rings. The second kappa shape index (κ2) is 12.3. The molecule has 0 spiro atoms. The van der Waals surface area contributed by atoms with E-state index in [2.05, 4.69) is 208 Å². The Kier molecular flexibility index (Phi) is 6.85. The third-order valence-corrected chi connectivity index (χ3v) is 13.6. The lowest BCUT2D eigenvalue weighted by Crippen LogP contribution is -2.15. The number of para-hydroxylation sites is 1. The smallest absolute Gasteiger partial charge is 0.136 e. The van der Waals surface area contributed by atoms with Gasteiger partial charge in [0.15, 0.2) is 0 Å². The van der Waals surface area contributed by atoms with Gasteiger partial charge in [0, 0.05) is 16.2 Å². The average molecular weight is 763 g/mol. The number of hydrogen-bond acceptors (Lipinski definition) is 1. The molecule has 60 heavy (non-hydrogen) atoms. The topological polar surface area (TPSA) is 13.1 Å². The molecule has 0 radical (unpaired) electrons. The van der Waals surface area contributed by atoms with E-state index in [0.717, 1.165) is 11.2 Å². The maximum atomic E-state index is 6.41. The first-order valence-electron chi connectivity index (χ1n) is 21.0. The number of rotatable bonds is 3. The summed E-state index contributed by atoms with van der Waals surface area (Å²) in [5.41, 5.74) is 14.6. The Morgan fingerprint density at radius 1 is 0.333 bits per heavy atom. The van der Waals surface area contributed by atoms with Crippen molar-refractivity contribution in [3.63, 3.8) is 0 Å². The lowest BCUT2D eigenvalue weighted by molar-refractivity contribution is 0.665. The molecule has 13 rings (SSSR count). The van der Waals surface area contributed by atoms with Gasteiger partial charge in [0.2, 0.25) is 0 Å². The molecular weight excluding hydrogens is 725 g/mol. The molecule has 1 aliphatic carbocycles. The second-order valence-corrected chi connectivity index (χ2v) is 17.1. The van der Waals surface area contributed by atoms with Crippen LogP contribution in [0, 0.1) is 0 Å². The summed E-state index contributed by atoms with van der Waals surface area (Å²) in [6.45, 7) is 4.78. The molecule has 0 unspecified atom stereocenters. The standard InChI is InChI=1S/C59H38O/c1-59(2)51-32-27-37(34-50(51)48-29-26-36-28-33-53-57(54(36)58(48)59)49-23-11-12-25-52(49)60-53)39-30-31-47(41-18-6-5-17-40(39)41)56-45-21-9-7-19-43(45)55(44-20-8-10-22-46(44)56)42-24-13-15-35-14-3-4-16-38(35)42/h3-34H,1-2H3. The predicted molar refractivity (Wildman–Crippen MR) is 255 cm³/mol. The van der Waals surface area contributed by atoms with Gasteiger partial charge in [0.05, 0.1) is 0 Å². The summed E-state index contributed by atoms with van der Waals surface area (Å²) in [7, 11) is 0. The van der Waals surface area contributed by atoms with Crippen LogP contribution in [0.4, 0.5) is 0 Å². The minimum atomic E-state index is -0.193. The summed E-state index contributed by atoms with van der Waals surface area (Å²) in [5, 5.41) is 15.0. The van der Waals surface area contributed by atoms with Crippen LogP contribution in [0.5, 0.6) is 0 Å². The van der Waals surface area contributed by atoms with Crippen molar-refractivity contribution in [2.45, 2.75) is 19.3 Å². The minimum Gasteiger partial charge on any atom is -0.456 e. The van der Waals surface area contributed by atoms with Gasteiger partial charge in [-0.05, 0) is 128 Å². The van der Waals surface area contributed by atoms with Gasteiger partial charge in [-0.2, -0.15) is 0 Å². The SMILES string of the molecule is CC1(C)c2ccc(-c3ccc(-c4c5ccccc5c(-c5cccc6ccccc56)c5ccccc45)c4ccccc34)cc2-c2ccc3ccc4oc5ccccc5c4c3c21. The molecule has 0 saturated carbocycles. The monoisotopic (exact) mass is 762 g/mol. The number of furan rings is 1. The van der Waals surface area contributed by atoms with Gasteiger partial charge in [0.1, 0.15) is 11.2 Å². The van der Waals surface area contributed by atoms with Crippen LogP contribution in [-0.2, 0) is 5.41 Å². The zero-order chi connectivity index (χ0) is 39.7. The van der Waals surface area contributed by atoms with Crippen LogP contribution < -0.4 is 0 Å². The van der Waals surface area contributed by atoms with E-state index in [-0.39, 0.29) is 5.41 Å². The summed E-state index contributed by atoms with van der Waals surface area (Å²) in [6.07, 6.45) is 0. The van der Waals surface area contributed by atoms with Crippen LogP contribution in [0.15, 0.2) is 199 Å². The van der Waals surface area contributed by atoms with Crippen LogP contribution in [0.25, 0.3) is 120 Å². The van der Waals surface area contributed by atoms with Crippen LogP contribution in [0.1, 0.15) is 25.0 Å². The maximum Gasteiger partial charge on any atom is 0.136 e. The van der Waals surface area contributed by atoms with Gasteiger partial charge < -0.3 is 4.42 Å². The molecule has 1 heteroatoms. The van der Waals surface area contributed by atoms with Crippen LogP contribution in [0.2, 0.25) is 0 Å². The lowest BCUT2D eigenvalue weighted by atomic mass is 9.79. The van der Waals surface area contributed by atoms with Crippen molar-refractivity contribution in [2.24, 2.45) is 0 Å². The Bertz CT molecular complexity index is 3740. The fourth-order valence-electron chi connectivity index (χ4n) is 11.0. The summed E-state index contributed by atoms with van der Waals surface area (Å²) in [4.78, 5) is 0. The number of fused-ring (bicyclic) bond motifs is 13. The molecule has 0 saturated heterocycles. The second-order valence-electron chi connectivity index (χ2n) is 17.1. The van der Waals surface area contributed by atoms with Crippen LogP contribution in [0.3, 0.4) is 0 Å². The van der Waals surface area contributed by atoms with Gasteiger partial charge in [0.25, 0.3) is 0 Å². The van der Waals surface area contributed by atoms with Crippen molar-refractivity contribution in [1.29, 1.82) is 0 Å². The molecule has 1 aromatic heterocycles. The molecule has 12 aromatic rings. The Balaban J connectivity index is 1.03. The normalized spacial score (nSPS) is 13.3. The highest BCUT2D eigenvalue weighted by molar-refractivity contribution is 6.26. The minimum absolute atomic E-state index is 0.193. The Hall–Kier alpha value is -7.48. The fraction of sp³-hybridized carbons (Fsp3) is 0.0508. The van der Waals surface area contributed by atoms with Gasteiger partial charge in [-0.3, -0.25) is 0 Å². The zero-order valence-electron chi connectivity index (χ0n) is 33.4. The van der Waals surface area contributed by atoms with E-state index in [1.165, 1.54) is 120 Å². The molecule has 1 aliphatic rings. The van der Waals surface area contributed by atoms with Crippen molar-refractivity contribution in [3.8, 4) is 44.5 Å². The largest absolute Gasteiger partial charge is 0.456 e. The van der Waals surface area contributed by atoms with E-state index < -0.39 is 0 Å². The first-order chi connectivity index (χ1) is 29.5.